The van der Waals surface area contributed by atoms with E-state index in [1.54, 1.807) is 29.9 Å². The van der Waals surface area contributed by atoms with Crippen molar-refractivity contribution in [2.24, 2.45) is 0 Å². The van der Waals surface area contributed by atoms with Gasteiger partial charge in [0, 0.05) is 31.9 Å². The number of amides is 3. The van der Waals surface area contributed by atoms with E-state index in [1.165, 1.54) is 0 Å². The third kappa shape index (κ3) is 4.28. The molecule has 3 amide bonds. The molecule has 1 aromatic carbocycles. The highest BCUT2D eigenvalue weighted by atomic mass is 16.6. The summed E-state index contributed by atoms with van der Waals surface area (Å²) in [6.45, 7) is 5.98. The predicted molar refractivity (Wildman–Crippen MR) is 86.9 cm³/mol. The van der Waals surface area contributed by atoms with E-state index in [0.717, 1.165) is 17.0 Å². The fourth-order valence-electron chi connectivity index (χ4n) is 2.40. The van der Waals surface area contributed by atoms with Gasteiger partial charge in [-0.3, -0.25) is 0 Å². The van der Waals surface area contributed by atoms with Crippen LogP contribution in [0.4, 0.5) is 15.3 Å². The normalized spacial score (nSPS) is 14.4. The molecule has 23 heavy (non-hydrogen) atoms. The number of nitrogens with zero attached hydrogens (tertiary/aromatic N) is 2. The van der Waals surface area contributed by atoms with Crippen LogP contribution in [0, 0.1) is 6.92 Å². The maximum atomic E-state index is 12.3. The van der Waals surface area contributed by atoms with Crippen molar-refractivity contribution < 1.29 is 19.1 Å². The molecule has 0 aromatic heterocycles. The fourth-order valence-corrected chi connectivity index (χ4v) is 2.40. The number of hydrogen-bond donors (Lipinski definition) is 1. The topological polar surface area (TPSA) is 71.1 Å². The van der Waals surface area contributed by atoms with E-state index in [-0.39, 0.29) is 12.1 Å². The molecule has 1 saturated heterocycles. The molecule has 1 N–H and O–H groups in total. The minimum absolute atomic E-state index is 0.165. The van der Waals surface area contributed by atoms with Crippen LogP contribution in [0.5, 0.6) is 5.75 Å². The first kappa shape index (κ1) is 16.9. The van der Waals surface area contributed by atoms with Crippen LogP contribution in [0.2, 0.25) is 0 Å². The zero-order valence-corrected chi connectivity index (χ0v) is 13.8. The molecule has 7 heteroatoms. The monoisotopic (exact) mass is 321 g/mol. The average Bonchev–Trinajstić information content (AvgIpc) is 2.57. The molecular weight excluding hydrogens is 298 g/mol. The van der Waals surface area contributed by atoms with Gasteiger partial charge in [0.05, 0.1) is 13.7 Å². The van der Waals surface area contributed by atoms with Gasteiger partial charge in [0.15, 0.2) is 0 Å². The van der Waals surface area contributed by atoms with Crippen molar-refractivity contribution in [3.8, 4) is 5.75 Å². The molecule has 1 fully saturated rings. The SMILES string of the molecule is CCOC(=O)N1CCN(C(=O)Nc2ccc(OC)cc2C)CC1. The highest BCUT2D eigenvalue weighted by Crippen LogP contribution is 2.21. The molecule has 0 aliphatic carbocycles. The molecule has 0 unspecified atom stereocenters. The van der Waals surface area contributed by atoms with E-state index in [9.17, 15) is 9.59 Å². The van der Waals surface area contributed by atoms with Gasteiger partial charge in [-0.2, -0.15) is 0 Å². The average molecular weight is 321 g/mol. The second kappa shape index (κ2) is 7.71. The molecule has 126 valence electrons. The van der Waals surface area contributed by atoms with Crippen LogP contribution >= 0.6 is 0 Å². The van der Waals surface area contributed by atoms with Crippen molar-refractivity contribution >= 4 is 17.8 Å². The number of anilines is 1. The summed E-state index contributed by atoms with van der Waals surface area (Å²) in [6.07, 6.45) is -0.321. The number of methoxy groups -OCH3 is 1. The summed E-state index contributed by atoms with van der Waals surface area (Å²) < 4.78 is 10.1. The lowest BCUT2D eigenvalue weighted by Gasteiger charge is -2.34. The highest BCUT2D eigenvalue weighted by molar-refractivity contribution is 5.90. The van der Waals surface area contributed by atoms with E-state index in [1.807, 2.05) is 19.1 Å². The third-order valence-corrected chi connectivity index (χ3v) is 3.77. The van der Waals surface area contributed by atoms with Crippen molar-refractivity contribution in [2.45, 2.75) is 13.8 Å². The molecule has 2 rings (SSSR count). The molecule has 0 bridgehead atoms. The van der Waals surface area contributed by atoms with Gasteiger partial charge in [-0.1, -0.05) is 0 Å². The van der Waals surface area contributed by atoms with Crippen molar-refractivity contribution in [2.75, 3.05) is 45.2 Å². The summed E-state index contributed by atoms with van der Waals surface area (Å²) in [6, 6.07) is 5.33. The maximum Gasteiger partial charge on any atom is 0.409 e. The number of benzene rings is 1. The molecule has 1 aliphatic rings. The second-order valence-electron chi connectivity index (χ2n) is 5.28. The molecular formula is C16H23N3O4. The smallest absolute Gasteiger partial charge is 0.409 e. The first-order valence-electron chi connectivity index (χ1n) is 7.67. The molecule has 1 heterocycles. The quantitative estimate of drug-likeness (QED) is 0.927. The van der Waals surface area contributed by atoms with Gasteiger partial charge in [0.2, 0.25) is 0 Å². The summed E-state index contributed by atoms with van der Waals surface area (Å²) in [5, 5.41) is 2.90. The maximum absolute atomic E-state index is 12.3. The number of ether oxygens (including phenoxy) is 2. The van der Waals surface area contributed by atoms with Gasteiger partial charge in [-0.05, 0) is 37.6 Å². The first-order valence-corrected chi connectivity index (χ1v) is 7.67. The van der Waals surface area contributed by atoms with Crippen LogP contribution in [0.25, 0.3) is 0 Å². The minimum Gasteiger partial charge on any atom is -0.497 e. The summed E-state index contributed by atoms with van der Waals surface area (Å²) >= 11 is 0. The van der Waals surface area contributed by atoms with E-state index in [0.29, 0.717) is 32.8 Å². The molecule has 1 aliphatic heterocycles. The summed E-state index contributed by atoms with van der Waals surface area (Å²) in [7, 11) is 1.61. The van der Waals surface area contributed by atoms with Gasteiger partial charge in [0.25, 0.3) is 0 Å². The Labute approximate surface area is 136 Å². The lowest BCUT2D eigenvalue weighted by molar-refractivity contribution is 0.0868. The number of carbonyl (C=O) groups is 2. The van der Waals surface area contributed by atoms with Crippen LogP contribution in [-0.4, -0.2) is 61.8 Å². The molecule has 0 radical (unpaired) electrons. The van der Waals surface area contributed by atoms with Gasteiger partial charge in [-0.15, -0.1) is 0 Å². The van der Waals surface area contributed by atoms with Gasteiger partial charge in [0.1, 0.15) is 5.75 Å². The van der Waals surface area contributed by atoms with Crippen LogP contribution in [-0.2, 0) is 4.74 Å². The molecule has 7 nitrogen and oxygen atoms in total. The van der Waals surface area contributed by atoms with Crippen LogP contribution in [0.15, 0.2) is 18.2 Å². The minimum atomic E-state index is -0.321. The third-order valence-electron chi connectivity index (χ3n) is 3.77. The summed E-state index contributed by atoms with van der Waals surface area (Å²) in [4.78, 5) is 27.3. The molecule has 1 aromatic rings. The zero-order chi connectivity index (χ0) is 16.8. The van der Waals surface area contributed by atoms with E-state index in [4.69, 9.17) is 9.47 Å². The highest BCUT2D eigenvalue weighted by Gasteiger charge is 2.25. The Balaban J connectivity index is 1.89. The molecule has 0 spiro atoms. The Bertz CT molecular complexity index is 568. The van der Waals surface area contributed by atoms with Crippen LogP contribution in [0.3, 0.4) is 0 Å². The molecule has 0 atom stereocenters. The zero-order valence-electron chi connectivity index (χ0n) is 13.8. The van der Waals surface area contributed by atoms with Crippen molar-refractivity contribution in [3.63, 3.8) is 0 Å². The van der Waals surface area contributed by atoms with Crippen molar-refractivity contribution in [3.05, 3.63) is 23.8 Å². The van der Waals surface area contributed by atoms with Crippen molar-refractivity contribution in [1.82, 2.24) is 9.80 Å². The Morgan fingerprint density at radius 3 is 2.39 bits per heavy atom. The Hall–Kier alpha value is -2.44. The Morgan fingerprint density at radius 2 is 1.83 bits per heavy atom. The number of hydrogen-bond acceptors (Lipinski definition) is 4. The Kier molecular flexibility index (Phi) is 5.67. The van der Waals surface area contributed by atoms with Crippen LogP contribution < -0.4 is 10.1 Å². The summed E-state index contributed by atoms with van der Waals surface area (Å²) in [5.74, 6) is 0.753. The van der Waals surface area contributed by atoms with E-state index in [2.05, 4.69) is 5.32 Å². The standard InChI is InChI=1S/C16H23N3O4/c1-4-23-16(21)19-9-7-18(8-10-19)15(20)17-14-6-5-13(22-3)11-12(14)2/h5-6,11H,4,7-10H2,1-3H3,(H,17,20). The second-order valence-corrected chi connectivity index (χ2v) is 5.28. The number of nitrogens with one attached hydrogen (secondary N) is 1. The van der Waals surface area contributed by atoms with Gasteiger partial charge < -0.3 is 24.6 Å². The number of carbonyl (C=O) groups excluding carboxylic acids is 2. The molecule has 0 saturated carbocycles. The number of piperazine rings is 1. The number of urea groups is 1. The van der Waals surface area contributed by atoms with Crippen LogP contribution in [0.1, 0.15) is 12.5 Å². The van der Waals surface area contributed by atoms with Gasteiger partial charge >= 0.3 is 12.1 Å². The van der Waals surface area contributed by atoms with E-state index < -0.39 is 0 Å². The predicted octanol–water partition coefficient (Wildman–Crippen LogP) is 2.31. The number of rotatable bonds is 3. The van der Waals surface area contributed by atoms with E-state index >= 15 is 0 Å². The van der Waals surface area contributed by atoms with Gasteiger partial charge in [-0.25, -0.2) is 9.59 Å². The lowest BCUT2D eigenvalue weighted by atomic mass is 10.2. The largest absolute Gasteiger partial charge is 0.497 e. The van der Waals surface area contributed by atoms with Crippen molar-refractivity contribution in [1.29, 1.82) is 0 Å². The fraction of sp³-hybridized carbons (Fsp3) is 0.500. The Morgan fingerprint density at radius 1 is 1.17 bits per heavy atom. The lowest BCUT2D eigenvalue weighted by Crippen LogP contribution is -2.51. The number of aryl methyl sites for hydroxylation is 1. The summed E-state index contributed by atoms with van der Waals surface area (Å²) in [5.41, 5.74) is 1.69. The first-order chi connectivity index (χ1) is 11.0.